The largest absolute Gasteiger partial charge is 0.489 e. The number of nitrogens with zero attached hydrogens (tertiary/aromatic N) is 2. The number of piperidine rings is 1. The minimum Gasteiger partial charge on any atom is -0.489 e. The Labute approximate surface area is 198 Å². The molecule has 0 spiro atoms. The number of carbonyl (C=O) groups is 1. The average molecular weight is 478 g/mol. The van der Waals surface area contributed by atoms with Crippen LogP contribution >= 0.6 is 23.2 Å². The summed E-state index contributed by atoms with van der Waals surface area (Å²) in [6, 6.07) is 3.66. The van der Waals surface area contributed by atoms with Gasteiger partial charge in [0, 0.05) is 42.0 Å². The van der Waals surface area contributed by atoms with Gasteiger partial charge >= 0.3 is 0 Å². The summed E-state index contributed by atoms with van der Waals surface area (Å²) in [5, 5.41) is 0.814. The Balaban J connectivity index is 1.59. The molecule has 172 valence electrons. The van der Waals surface area contributed by atoms with Gasteiger partial charge in [0.1, 0.15) is 11.9 Å². The summed E-state index contributed by atoms with van der Waals surface area (Å²) < 4.78 is 6.21. The predicted octanol–water partition coefficient (Wildman–Crippen LogP) is 4.36. The second kappa shape index (κ2) is 9.46. The molecule has 6 nitrogen and oxygen atoms in total. The van der Waals surface area contributed by atoms with E-state index in [9.17, 15) is 9.59 Å². The van der Waals surface area contributed by atoms with E-state index < -0.39 is 0 Å². The Morgan fingerprint density at radius 3 is 2.50 bits per heavy atom. The lowest BCUT2D eigenvalue weighted by molar-refractivity contribution is 0.0723. The number of ether oxygens (including phenoxy) is 1. The number of pyridine rings is 1. The lowest BCUT2D eigenvalue weighted by Gasteiger charge is -2.33. The van der Waals surface area contributed by atoms with Crippen LogP contribution in [0.25, 0.3) is 0 Å². The summed E-state index contributed by atoms with van der Waals surface area (Å²) in [7, 11) is 0. The molecule has 1 N–H and O–H groups in total. The number of likely N-dealkylation sites (tertiary alicyclic amines) is 1. The maximum Gasteiger partial charge on any atom is 0.256 e. The standard InChI is InChI=1S/C24H29Cl2N3O3/c1-4-28-8-5-16(6-9-28)32-20-12-19(25)17-7-10-29(24(31)21(17)22(20)26)13-18-14(2)11-15(3)27-23(18)30/h11-12,16H,4-10,13H2,1-3H3,(H,27,30). The first-order chi connectivity index (χ1) is 15.3. The molecule has 8 heteroatoms. The maximum atomic E-state index is 13.4. The molecule has 1 aromatic carbocycles. The summed E-state index contributed by atoms with van der Waals surface area (Å²) in [4.78, 5) is 32.8. The molecule has 1 saturated heterocycles. The van der Waals surface area contributed by atoms with E-state index >= 15 is 0 Å². The van der Waals surface area contributed by atoms with Crippen LogP contribution < -0.4 is 10.3 Å². The van der Waals surface area contributed by atoms with Gasteiger partial charge in [0.05, 0.1) is 17.1 Å². The molecule has 0 aliphatic carbocycles. The van der Waals surface area contributed by atoms with Crippen molar-refractivity contribution in [3.05, 3.63) is 60.5 Å². The number of amides is 1. The van der Waals surface area contributed by atoms with Gasteiger partial charge in [-0.25, -0.2) is 0 Å². The zero-order valence-corrected chi connectivity index (χ0v) is 20.3. The fourth-order valence-corrected chi connectivity index (χ4v) is 5.22. The number of benzene rings is 1. The van der Waals surface area contributed by atoms with Crippen LogP contribution in [0, 0.1) is 13.8 Å². The lowest BCUT2D eigenvalue weighted by Crippen LogP contribution is -2.39. The number of halogens is 2. The first kappa shape index (κ1) is 23.1. The van der Waals surface area contributed by atoms with Crippen LogP contribution in [-0.4, -0.2) is 53.0 Å². The second-order valence-electron chi connectivity index (χ2n) is 8.70. The highest BCUT2D eigenvalue weighted by molar-refractivity contribution is 6.38. The molecule has 2 aliphatic heterocycles. The van der Waals surface area contributed by atoms with Gasteiger partial charge in [-0.1, -0.05) is 30.1 Å². The van der Waals surface area contributed by atoms with Crippen LogP contribution in [0.4, 0.5) is 0 Å². The SMILES string of the molecule is CCN1CCC(Oc2cc(Cl)c3c(c2Cl)C(=O)N(Cc2c(C)cc(C)[nH]c2=O)CC3)CC1. The number of fused-ring (bicyclic) bond motifs is 1. The van der Waals surface area contributed by atoms with Crippen LogP contribution in [0.5, 0.6) is 5.75 Å². The van der Waals surface area contributed by atoms with E-state index in [2.05, 4.69) is 16.8 Å². The Morgan fingerprint density at radius 1 is 1.12 bits per heavy atom. The van der Waals surface area contributed by atoms with E-state index in [1.807, 2.05) is 19.9 Å². The molecule has 1 aromatic heterocycles. The molecule has 1 amide bonds. The van der Waals surface area contributed by atoms with Crippen molar-refractivity contribution in [2.45, 2.75) is 52.7 Å². The molecule has 2 aromatic rings. The zero-order chi connectivity index (χ0) is 23.0. The lowest BCUT2D eigenvalue weighted by atomic mass is 9.97. The summed E-state index contributed by atoms with van der Waals surface area (Å²) >= 11 is 13.3. The van der Waals surface area contributed by atoms with E-state index in [0.29, 0.717) is 39.9 Å². The molecule has 2 aliphatic rings. The smallest absolute Gasteiger partial charge is 0.256 e. The number of carbonyl (C=O) groups excluding carboxylic acids is 1. The summed E-state index contributed by atoms with van der Waals surface area (Å²) in [6.45, 7) is 9.59. The van der Waals surface area contributed by atoms with E-state index in [1.54, 1.807) is 11.0 Å². The van der Waals surface area contributed by atoms with Crippen LogP contribution in [-0.2, 0) is 13.0 Å². The highest BCUT2D eigenvalue weighted by atomic mass is 35.5. The quantitative estimate of drug-likeness (QED) is 0.694. The van der Waals surface area contributed by atoms with Gasteiger partial charge in [0.15, 0.2) is 0 Å². The Kier molecular flexibility index (Phi) is 6.84. The highest BCUT2D eigenvalue weighted by Gasteiger charge is 2.32. The number of nitrogens with one attached hydrogen (secondary N) is 1. The summed E-state index contributed by atoms with van der Waals surface area (Å²) in [6.07, 6.45) is 2.45. The van der Waals surface area contributed by atoms with Crippen LogP contribution in [0.1, 0.15) is 52.5 Å². The van der Waals surface area contributed by atoms with Crippen molar-refractivity contribution in [3.63, 3.8) is 0 Å². The molecule has 0 atom stereocenters. The number of rotatable bonds is 5. The third-order valence-corrected chi connectivity index (χ3v) is 7.25. The number of aromatic nitrogens is 1. The molecule has 4 rings (SSSR count). The predicted molar refractivity (Wildman–Crippen MR) is 127 cm³/mol. The fraction of sp³-hybridized carbons (Fsp3) is 0.500. The molecule has 0 unspecified atom stereocenters. The normalized spacial score (nSPS) is 17.5. The van der Waals surface area contributed by atoms with Crippen LogP contribution in [0.3, 0.4) is 0 Å². The first-order valence-corrected chi connectivity index (χ1v) is 11.9. The molecule has 0 radical (unpaired) electrons. The number of aryl methyl sites for hydroxylation is 2. The van der Waals surface area contributed by atoms with Crippen molar-refractivity contribution in [1.29, 1.82) is 0 Å². The molecule has 3 heterocycles. The number of H-pyrrole nitrogens is 1. The van der Waals surface area contributed by atoms with E-state index in [4.69, 9.17) is 27.9 Å². The van der Waals surface area contributed by atoms with Gasteiger partial charge in [-0.15, -0.1) is 0 Å². The molecule has 0 saturated carbocycles. The van der Waals surface area contributed by atoms with E-state index in [0.717, 1.165) is 49.3 Å². The molecule has 32 heavy (non-hydrogen) atoms. The first-order valence-electron chi connectivity index (χ1n) is 11.2. The van der Waals surface area contributed by atoms with E-state index in [1.165, 1.54) is 0 Å². The van der Waals surface area contributed by atoms with Crippen molar-refractivity contribution in [3.8, 4) is 5.75 Å². The topological polar surface area (TPSA) is 65.6 Å². The monoisotopic (exact) mass is 477 g/mol. The van der Waals surface area contributed by atoms with Crippen LogP contribution in [0.2, 0.25) is 10.0 Å². The van der Waals surface area contributed by atoms with Gasteiger partial charge in [-0.3, -0.25) is 9.59 Å². The minimum absolute atomic E-state index is 0.0491. The Morgan fingerprint density at radius 2 is 1.84 bits per heavy atom. The van der Waals surface area contributed by atoms with Crippen molar-refractivity contribution in [1.82, 2.24) is 14.8 Å². The van der Waals surface area contributed by atoms with Crippen LogP contribution in [0.15, 0.2) is 16.9 Å². The average Bonchev–Trinajstić information content (AvgIpc) is 2.75. The summed E-state index contributed by atoms with van der Waals surface area (Å²) in [5.74, 6) is 0.244. The molecular weight excluding hydrogens is 449 g/mol. The fourth-order valence-electron chi connectivity index (χ4n) is 4.64. The van der Waals surface area contributed by atoms with Gasteiger partial charge in [-0.2, -0.15) is 0 Å². The summed E-state index contributed by atoms with van der Waals surface area (Å²) in [5.41, 5.74) is 3.23. The van der Waals surface area contributed by atoms with Crippen molar-refractivity contribution < 1.29 is 9.53 Å². The van der Waals surface area contributed by atoms with Gasteiger partial charge in [0.2, 0.25) is 0 Å². The van der Waals surface area contributed by atoms with Gasteiger partial charge < -0.3 is 19.5 Å². The molecular formula is C24H29Cl2N3O3. The van der Waals surface area contributed by atoms with E-state index in [-0.39, 0.29) is 24.1 Å². The van der Waals surface area contributed by atoms with Crippen molar-refractivity contribution in [2.24, 2.45) is 0 Å². The highest BCUT2D eigenvalue weighted by Crippen LogP contribution is 2.40. The minimum atomic E-state index is -0.219. The third kappa shape index (κ3) is 4.54. The Hall–Kier alpha value is -2.02. The number of hydrogen-bond acceptors (Lipinski definition) is 4. The molecule has 0 bridgehead atoms. The van der Waals surface area contributed by atoms with Crippen molar-refractivity contribution >= 4 is 29.1 Å². The third-order valence-electron chi connectivity index (χ3n) is 6.53. The van der Waals surface area contributed by atoms with Gasteiger partial charge in [0.25, 0.3) is 11.5 Å². The van der Waals surface area contributed by atoms with Crippen molar-refractivity contribution in [2.75, 3.05) is 26.2 Å². The Bertz CT molecular complexity index is 1090. The number of hydrogen-bond donors (Lipinski definition) is 1. The number of aromatic amines is 1. The van der Waals surface area contributed by atoms with Gasteiger partial charge in [-0.05, 0) is 56.8 Å². The maximum absolute atomic E-state index is 13.4. The second-order valence-corrected chi connectivity index (χ2v) is 9.48. The molecule has 1 fully saturated rings. The zero-order valence-electron chi connectivity index (χ0n) is 18.8.